The number of nitrogens with one attached hydrogen (secondary N) is 1. The molecule has 0 saturated heterocycles. The molecular formula is C16H14N8OS. The van der Waals surface area contributed by atoms with Gasteiger partial charge in [0.15, 0.2) is 5.82 Å². The van der Waals surface area contributed by atoms with Crippen molar-refractivity contribution in [3.63, 3.8) is 0 Å². The minimum atomic E-state index is -0.196. The molecule has 0 aliphatic rings. The van der Waals surface area contributed by atoms with Crippen LogP contribution in [0.3, 0.4) is 0 Å². The van der Waals surface area contributed by atoms with Crippen molar-refractivity contribution >= 4 is 17.2 Å². The molecule has 0 aliphatic carbocycles. The van der Waals surface area contributed by atoms with Gasteiger partial charge in [0, 0.05) is 18.0 Å². The van der Waals surface area contributed by atoms with Gasteiger partial charge in [-0.2, -0.15) is 9.78 Å². The van der Waals surface area contributed by atoms with Crippen molar-refractivity contribution < 1.29 is 4.79 Å². The fraction of sp³-hybridized carbons (Fsp3) is 0.125. The number of rotatable bonds is 5. The van der Waals surface area contributed by atoms with Gasteiger partial charge in [-0.25, -0.2) is 4.98 Å². The first-order valence-electron chi connectivity index (χ1n) is 7.74. The van der Waals surface area contributed by atoms with E-state index in [1.54, 1.807) is 23.3 Å². The zero-order chi connectivity index (χ0) is 17.9. The third-order valence-corrected chi connectivity index (χ3v) is 4.69. The summed E-state index contributed by atoms with van der Waals surface area (Å²) in [6.07, 6.45) is 2.86. The van der Waals surface area contributed by atoms with Gasteiger partial charge in [-0.3, -0.25) is 9.89 Å². The number of tetrazole rings is 1. The maximum Gasteiger partial charge on any atom is 0.259 e. The van der Waals surface area contributed by atoms with Crippen molar-refractivity contribution in [2.45, 2.75) is 6.54 Å². The van der Waals surface area contributed by atoms with Gasteiger partial charge in [-0.05, 0) is 10.4 Å². The quantitative estimate of drug-likeness (QED) is 0.577. The van der Waals surface area contributed by atoms with Crippen molar-refractivity contribution in [3.05, 3.63) is 59.5 Å². The van der Waals surface area contributed by atoms with Crippen molar-refractivity contribution in [1.82, 2.24) is 40.3 Å². The first-order valence-corrected chi connectivity index (χ1v) is 8.62. The summed E-state index contributed by atoms with van der Waals surface area (Å²) in [4.78, 5) is 19.0. The zero-order valence-electron chi connectivity index (χ0n) is 13.8. The lowest BCUT2D eigenvalue weighted by Crippen LogP contribution is -2.27. The van der Waals surface area contributed by atoms with Crippen LogP contribution in [0.2, 0.25) is 0 Å². The lowest BCUT2D eigenvalue weighted by Gasteiger charge is -2.15. The van der Waals surface area contributed by atoms with Crippen LogP contribution in [-0.4, -0.2) is 53.2 Å². The molecule has 3 aromatic heterocycles. The number of benzene rings is 1. The summed E-state index contributed by atoms with van der Waals surface area (Å²) >= 11 is 1.56. The molecule has 0 bridgehead atoms. The second-order valence-corrected chi connectivity index (χ2v) is 6.42. The van der Waals surface area contributed by atoms with Crippen LogP contribution in [0, 0.1) is 0 Å². The third kappa shape index (κ3) is 3.09. The molecule has 0 aliphatic heterocycles. The predicted octanol–water partition coefficient (Wildman–Crippen LogP) is 1.78. The van der Waals surface area contributed by atoms with E-state index >= 15 is 0 Å². The molecule has 0 saturated carbocycles. The summed E-state index contributed by atoms with van der Waals surface area (Å²) in [7, 11) is 1.72. The Morgan fingerprint density at radius 1 is 1.31 bits per heavy atom. The molecule has 0 radical (unpaired) electrons. The van der Waals surface area contributed by atoms with Gasteiger partial charge in [-0.15, -0.1) is 16.4 Å². The molecule has 0 fully saturated rings. The lowest BCUT2D eigenvalue weighted by molar-refractivity contribution is 0.0783. The highest BCUT2D eigenvalue weighted by molar-refractivity contribution is 7.13. The van der Waals surface area contributed by atoms with Crippen LogP contribution in [0.4, 0.5) is 0 Å². The number of H-pyrrole nitrogens is 1. The Morgan fingerprint density at radius 3 is 2.92 bits per heavy atom. The number of thiazole rings is 1. The van der Waals surface area contributed by atoms with E-state index in [1.165, 1.54) is 17.2 Å². The Kier molecular flexibility index (Phi) is 4.23. The third-order valence-electron chi connectivity index (χ3n) is 3.75. The number of hydrogen-bond acceptors (Lipinski definition) is 7. The van der Waals surface area contributed by atoms with Crippen molar-refractivity contribution in [2.75, 3.05) is 7.05 Å². The number of carbonyl (C=O) groups is 1. The van der Waals surface area contributed by atoms with Crippen molar-refractivity contribution in [2.24, 2.45) is 0 Å². The Hall–Kier alpha value is -3.40. The van der Waals surface area contributed by atoms with Crippen LogP contribution in [0.25, 0.3) is 16.4 Å². The molecular weight excluding hydrogens is 352 g/mol. The van der Waals surface area contributed by atoms with E-state index in [9.17, 15) is 4.79 Å². The Balaban J connectivity index is 1.51. The Morgan fingerprint density at radius 2 is 2.15 bits per heavy atom. The number of nitrogens with zero attached hydrogens (tertiary/aromatic N) is 7. The Labute approximate surface area is 152 Å². The molecule has 1 aromatic carbocycles. The summed E-state index contributed by atoms with van der Waals surface area (Å²) in [6, 6.07) is 9.96. The average Bonchev–Trinajstić information content (AvgIpc) is 3.42. The fourth-order valence-electron chi connectivity index (χ4n) is 2.49. The van der Waals surface area contributed by atoms with E-state index in [0.717, 1.165) is 16.3 Å². The van der Waals surface area contributed by atoms with E-state index in [2.05, 4.69) is 30.7 Å². The maximum atomic E-state index is 12.8. The van der Waals surface area contributed by atoms with Crippen molar-refractivity contribution in [1.29, 1.82) is 0 Å². The minimum Gasteiger partial charge on any atom is -0.336 e. The molecule has 26 heavy (non-hydrogen) atoms. The number of carbonyl (C=O) groups excluding carboxylic acids is 1. The SMILES string of the molecule is CN(Cc1csc(-c2ccccc2)n1)C(=O)c1cn[nH]c1-n1cnnn1. The smallest absolute Gasteiger partial charge is 0.259 e. The topological polar surface area (TPSA) is 105 Å². The van der Waals surface area contributed by atoms with E-state index < -0.39 is 0 Å². The summed E-state index contributed by atoms with van der Waals surface area (Å²) < 4.78 is 1.37. The Bertz CT molecular complexity index is 1010. The highest BCUT2D eigenvalue weighted by atomic mass is 32.1. The normalized spacial score (nSPS) is 10.8. The number of amides is 1. The van der Waals surface area contributed by atoms with Gasteiger partial charge in [0.05, 0.1) is 18.4 Å². The van der Waals surface area contributed by atoms with Crippen LogP contribution in [0.5, 0.6) is 0 Å². The molecule has 0 spiro atoms. The van der Waals surface area contributed by atoms with Crippen LogP contribution in [0.1, 0.15) is 16.1 Å². The molecule has 1 amide bonds. The standard InChI is InChI=1S/C16H14N8OS/c1-23(8-12-9-26-15(19-12)11-5-3-2-4-6-11)16(25)13-7-17-20-14(13)24-10-18-21-22-24/h2-7,9-10H,8H2,1H3,(H,17,20). The second-order valence-electron chi connectivity index (χ2n) is 5.56. The van der Waals surface area contributed by atoms with Crippen LogP contribution >= 0.6 is 11.3 Å². The fourth-order valence-corrected chi connectivity index (χ4v) is 3.30. The molecule has 0 atom stereocenters. The number of aromatic nitrogens is 7. The molecule has 4 rings (SSSR count). The van der Waals surface area contributed by atoms with E-state index in [4.69, 9.17) is 0 Å². The molecule has 9 nitrogen and oxygen atoms in total. The summed E-state index contributed by atoms with van der Waals surface area (Å²) in [5.41, 5.74) is 2.28. The average molecular weight is 366 g/mol. The summed E-state index contributed by atoms with van der Waals surface area (Å²) in [6.45, 7) is 0.391. The lowest BCUT2D eigenvalue weighted by atomic mass is 10.2. The second kappa shape index (κ2) is 6.84. The first-order chi connectivity index (χ1) is 12.7. The van der Waals surface area contributed by atoms with E-state index in [1.807, 2.05) is 35.7 Å². The van der Waals surface area contributed by atoms with Gasteiger partial charge in [0.1, 0.15) is 16.9 Å². The number of hydrogen-bond donors (Lipinski definition) is 1. The summed E-state index contributed by atoms with van der Waals surface area (Å²) in [5.74, 6) is 0.230. The molecule has 3 heterocycles. The van der Waals surface area contributed by atoms with Crippen molar-refractivity contribution in [3.8, 4) is 16.4 Å². The number of aromatic amines is 1. The van der Waals surface area contributed by atoms with Crippen LogP contribution in [-0.2, 0) is 6.54 Å². The minimum absolute atomic E-state index is 0.196. The monoisotopic (exact) mass is 366 g/mol. The first kappa shape index (κ1) is 16.1. The maximum absolute atomic E-state index is 12.8. The van der Waals surface area contributed by atoms with Gasteiger partial charge in [-0.1, -0.05) is 30.3 Å². The van der Waals surface area contributed by atoms with Gasteiger partial charge >= 0.3 is 0 Å². The van der Waals surface area contributed by atoms with Gasteiger partial charge in [0.25, 0.3) is 5.91 Å². The van der Waals surface area contributed by atoms with E-state index in [-0.39, 0.29) is 5.91 Å². The predicted molar refractivity (Wildman–Crippen MR) is 94.6 cm³/mol. The highest BCUT2D eigenvalue weighted by Gasteiger charge is 2.20. The molecule has 0 unspecified atom stereocenters. The molecule has 130 valence electrons. The van der Waals surface area contributed by atoms with Gasteiger partial charge in [0.2, 0.25) is 0 Å². The highest BCUT2D eigenvalue weighted by Crippen LogP contribution is 2.24. The van der Waals surface area contributed by atoms with Crippen LogP contribution < -0.4 is 0 Å². The molecule has 1 N–H and O–H groups in total. The zero-order valence-corrected chi connectivity index (χ0v) is 14.6. The van der Waals surface area contributed by atoms with Crippen LogP contribution in [0.15, 0.2) is 48.2 Å². The largest absolute Gasteiger partial charge is 0.336 e. The molecule has 4 aromatic rings. The summed E-state index contributed by atoms with van der Waals surface area (Å²) in [5, 5.41) is 20.5. The molecule has 10 heteroatoms. The van der Waals surface area contributed by atoms with Gasteiger partial charge < -0.3 is 4.90 Å². The van der Waals surface area contributed by atoms with E-state index in [0.29, 0.717) is 17.9 Å².